The number of aromatic nitrogens is 1. The van der Waals surface area contributed by atoms with E-state index in [1.165, 1.54) is 6.20 Å². The number of aromatic carboxylic acids is 1. The van der Waals surface area contributed by atoms with Gasteiger partial charge in [-0.2, -0.15) is 0 Å². The van der Waals surface area contributed by atoms with E-state index in [9.17, 15) is 9.90 Å². The van der Waals surface area contributed by atoms with Gasteiger partial charge in [0.05, 0.1) is 5.69 Å². The number of carbonyl (C=O) groups is 1. The Kier molecular flexibility index (Phi) is 3.99. The summed E-state index contributed by atoms with van der Waals surface area (Å²) in [4.78, 5) is 17.3. The van der Waals surface area contributed by atoms with Crippen LogP contribution in [0.2, 0.25) is 0 Å². The van der Waals surface area contributed by atoms with Crippen molar-refractivity contribution in [1.29, 1.82) is 0 Å². The Morgan fingerprint density at radius 1 is 1.44 bits per heavy atom. The van der Waals surface area contributed by atoms with Crippen LogP contribution in [0.25, 0.3) is 0 Å². The van der Waals surface area contributed by atoms with Gasteiger partial charge in [0.25, 0.3) is 0 Å². The van der Waals surface area contributed by atoms with Crippen molar-refractivity contribution in [3.63, 3.8) is 0 Å². The van der Waals surface area contributed by atoms with E-state index in [4.69, 9.17) is 0 Å². The number of hydrogen-bond acceptors (Lipinski definition) is 3. The van der Waals surface area contributed by atoms with Crippen molar-refractivity contribution >= 4 is 11.7 Å². The van der Waals surface area contributed by atoms with Crippen LogP contribution in [0.3, 0.4) is 0 Å². The molecule has 0 saturated carbocycles. The summed E-state index contributed by atoms with van der Waals surface area (Å²) in [6.45, 7) is 10.4. The topological polar surface area (TPSA) is 53.4 Å². The molecule has 18 heavy (non-hydrogen) atoms. The molecule has 0 aliphatic carbocycles. The standard InChI is InChI=1S/C14H22N2O2/c1-9-7-12(11(8-15-9)13(17)18)16(6)10(2)14(3,4)5/h7-8,10H,1-6H3,(H,17,18). The monoisotopic (exact) mass is 250 g/mol. The van der Waals surface area contributed by atoms with Crippen molar-refractivity contribution < 1.29 is 9.90 Å². The van der Waals surface area contributed by atoms with E-state index >= 15 is 0 Å². The van der Waals surface area contributed by atoms with Gasteiger partial charge >= 0.3 is 5.97 Å². The molecule has 1 unspecified atom stereocenters. The van der Waals surface area contributed by atoms with Gasteiger partial charge in [0.2, 0.25) is 0 Å². The van der Waals surface area contributed by atoms with Crippen molar-refractivity contribution in [3.05, 3.63) is 23.5 Å². The van der Waals surface area contributed by atoms with E-state index in [1.54, 1.807) is 0 Å². The third-order valence-electron chi connectivity index (χ3n) is 3.46. The van der Waals surface area contributed by atoms with Crippen LogP contribution in [0, 0.1) is 12.3 Å². The highest BCUT2D eigenvalue weighted by Gasteiger charge is 2.26. The smallest absolute Gasteiger partial charge is 0.339 e. The molecule has 1 N–H and O–H groups in total. The molecule has 0 radical (unpaired) electrons. The highest BCUT2D eigenvalue weighted by atomic mass is 16.4. The highest BCUT2D eigenvalue weighted by Crippen LogP contribution is 2.29. The molecule has 100 valence electrons. The lowest BCUT2D eigenvalue weighted by molar-refractivity contribution is 0.0697. The lowest BCUT2D eigenvalue weighted by atomic mass is 9.86. The second-order valence-electron chi connectivity index (χ2n) is 5.80. The van der Waals surface area contributed by atoms with Gasteiger partial charge in [-0.1, -0.05) is 20.8 Å². The number of carboxylic acid groups (broad SMARTS) is 1. The average molecular weight is 250 g/mol. The Hall–Kier alpha value is -1.58. The molecule has 0 fully saturated rings. The molecular formula is C14H22N2O2. The molecule has 0 bridgehead atoms. The molecule has 1 rings (SSSR count). The van der Waals surface area contributed by atoms with E-state index in [0.717, 1.165) is 11.4 Å². The van der Waals surface area contributed by atoms with Gasteiger partial charge in [0, 0.05) is 25.0 Å². The maximum Gasteiger partial charge on any atom is 0.339 e. The first kappa shape index (κ1) is 14.5. The van der Waals surface area contributed by atoms with Crippen molar-refractivity contribution in [2.45, 2.75) is 40.7 Å². The Balaban J connectivity index is 3.23. The second-order valence-corrected chi connectivity index (χ2v) is 5.80. The number of aryl methyl sites for hydroxylation is 1. The molecule has 1 aromatic rings. The number of hydrogen-bond donors (Lipinski definition) is 1. The predicted molar refractivity (Wildman–Crippen MR) is 73.3 cm³/mol. The molecule has 1 heterocycles. The molecule has 0 amide bonds. The van der Waals surface area contributed by atoms with Crippen LogP contribution < -0.4 is 4.90 Å². The molecular weight excluding hydrogens is 228 g/mol. The van der Waals surface area contributed by atoms with Crippen LogP contribution in [0.1, 0.15) is 43.7 Å². The molecule has 0 aliphatic rings. The summed E-state index contributed by atoms with van der Waals surface area (Å²) in [5.41, 5.74) is 1.86. The predicted octanol–water partition coefficient (Wildman–Crippen LogP) is 2.96. The summed E-state index contributed by atoms with van der Waals surface area (Å²) in [6.07, 6.45) is 1.43. The van der Waals surface area contributed by atoms with E-state index in [2.05, 4.69) is 32.7 Å². The van der Waals surface area contributed by atoms with Gasteiger partial charge in [-0.15, -0.1) is 0 Å². The lowest BCUT2D eigenvalue weighted by Gasteiger charge is -2.37. The first-order valence-corrected chi connectivity index (χ1v) is 6.07. The zero-order chi connectivity index (χ0) is 14.1. The molecule has 0 aliphatic heterocycles. The molecule has 4 nitrogen and oxygen atoms in total. The van der Waals surface area contributed by atoms with Crippen LogP contribution >= 0.6 is 0 Å². The SMILES string of the molecule is Cc1cc(N(C)C(C)C(C)(C)C)c(C(=O)O)cn1. The van der Waals surface area contributed by atoms with E-state index < -0.39 is 5.97 Å². The van der Waals surface area contributed by atoms with Gasteiger partial charge in [-0.05, 0) is 25.3 Å². The Morgan fingerprint density at radius 3 is 2.44 bits per heavy atom. The van der Waals surface area contributed by atoms with E-state index in [-0.39, 0.29) is 17.0 Å². The fourth-order valence-corrected chi connectivity index (χ4v) is 1.79. The summed E-state index contributed by atoms with van der Waals surface area (Å²) < 4.78 is 0. The average Bonchev–Trinajstić information content (AvgIpc) is 2.25. The van der Waals surface area contributed by atoms with E-state index in [0.29, 0.717) is 0 Å². The fraction of sp³-hybridized carbons (Fsp3) is 0.571. The van der Waals surface area contributed by atoms with Gasteiger partial charge in [-0.3, -0.25) is 4.98 Å². The first-order chi connectivity index (χ1) is 8.14. The number of nitrogens with zero attached hydrogens (tertiary/aromatic N) is 2. The molecule has 1 atom stereocenters. The lowest BCUT2D eigenvalue weighted by Crippen LogP contribution is -2.40. The maximum absolute atomic E-state index is 11.2. The summed E-state index contributed by atoms with van der Waals surface area (Å²) in [5, 5.41) is 9.22. The summed E-state index contributed by atoms with van der Waals surface area (Å²) >= 11 is 0. The quantitative estimate of drug-likeness (QED) is 0.896. The largest absolute Gasteiger partial charge is 0.478 e. The number of carboxylic acids is 1. The zero-order valence-corrected chi connectivity index (χ0v) is 12.0. The molecule has 0 spiro atoms. The van der Waals surface area contributed by atoms with Crippen LogP contribution in [-0.4, -0.2) is 29.1 Å². The first-order valence-electron chi connectivity index (χ1n) is 6.07. The minimum absolute atomic E-state index is 0.0711. The summed E-state index contributed by atoms with van der Waals surface area (Å²) in [6, 6.07) is 2.04. The van der Waals surface area contributed by atoms with Crippen LogP contribution in [0.5, 0.6) is 0 Å². The third kappa shape index (κ3) is 3.00. The number of rotatable bonds is 3. The molecule has 0 aromatic carbocycles. The van der Waals surface area contributed by atoms with Gasteiger partial charge in [-0.25, -0.2) is 4.79 Å². The minimum atomic E-state index is -0.939. The highest BCUT2D eigenvalue weighted by molar-refractivity contribution is 5.94. The normalized spacial score (nSPS) is 13.2. The Morgan fingerprint density at radius 2 is 2.00 bits per heavy atom. The summed E-state index contributed by atoms with van der Waals surface area (Å²) in [7, 11) is 1.93. The van der Waals surface area contributed by atoms with Crippen molar-refractivity contribution in [2.24, 2.45) is 5.41 Å². The maximum atomic E-state index is 11.2. The van der Waals surface area contributed by atoms with Gasteiger partial charge < -0.3 is 10.0 Å². The van der Waals surface area contributed by atoms with Crippen LogP contribution in [-0.2, 0) is 0 Å². The number of pyridine rings is 1. The number of anilines is 1. The van der Waals surface area contributed by atoms with Crippen LogP contribution in [0.4, 0.5) is 5.69 Å². The van der Waals surface area contributed by atoms with E-state index in [1.807, 2.05) is 24.9 Å². The van der Waals surface area contributed by atoms with Gasteiger partial charge in [0.1, 0.15) is 5.56 Å². The Bertz CT molecular complexity index is 450. The molecule has 4 heteroatoms. The Labute approximate surface area is 109 Å². The van der Waals surface area contributed by atoms with Crippen LogP contribution in [0.15, 0.2) is 12.3 Å². The minimum Gasteiger partial charge on any atom is -0.478 e. The van der Waals surface area contributed by atoms with Crippen molar-refractivity contribution in [2.75, 3.05) is 11.9 Å². The zero-order valence-electron chi connectivity index (χ0n) is 12.0. The second kappa shape index (κ2) is 4.96. The summed E-state index contributed by atoms with van der Waals surface area (Å²) in [5.74, 6) is -0.939. The van der Waals surface area contributed by atoms with Crippen molar-refractivity contribution in [1.82, 2.24) is 4.98 Å². The van der Waals surface area contributed by atoms with Gasteiger partial charge in [0.15, 0.2) is 0 Å². The van der Waals surface area contributed by atoms with Crippen molar-refractivity contribution in [3.8, 4) is 0 Å². The molecule has 1 aromatic heterocycles. The third-order valence-corrected chi connectivity index (χ3v) is 3.46. The fourth-order valence-electron chi connectivity index (χ4n) is 1.79. The molecule has 0 saturated heterocycles.